The molecule has 6 heteroatoms. The van der Waals surface area contributed by atoms with Crippen LogP contribution in [0.4, 0.5) is 0 Å². The molecular weight excluding hydrogens is 346 g/mol. The Kier molecular flexibility index (Phi) is 6.41. The lowest BCUT2D eigenvalue weighted by Crippen LogP contribution is -3.13. The molecule has 1 aromatic heterocycles. The third-order valence-corrected chi connectivity index (χ3v) is 5.55. The zero-order valence-corrected chi connectivity index (χ0v) is 15.9. The number of thiophene rings is 1. The summed E-state index contributed by atoms with van der Waals surface area (Å²) in [5.41, 5.74) is 2.34. The van der Waals surface area contributed by atoms with Gasteiger partial charge in [-0.2, -0.15) is 11.3 Å². The van der Waals surface area contributed by atoms with E-state index in [0.717, 1.165) is 38.3 Å². The summed E-state index contributed by atoms with van der Waals surface area (Å²) in [6, 6.07) is 11.6. The van der Waals surface area contributed by atoms with Crippen molar-refractivity contribution in [2.24, 2.45) is 0 Å². The molecule has 3 rings (SSSR count). The van der Waals surface area contributed by atoms with Gasteiger partial charge in [-0.25, -0.2) is 0 Å². The minimum atomic E-state index is -0.266. The van der Waals surface area contributed by atoms with Gasteiger partial charge in [-0.15, -0.1) is 0 Å². The smallest absolute Gasteiger partial charge is 0.225 e. The van der Waals surface area contributed by atoms with Crippen molar-refractivity contribution < 1.29 is 14.5 Å². The Balaban J connectivity index is 1.54. The molecule has 1 aromatic carbocycles. The molecule has 1 aliphatic heterocycles. The van der Waals surface area contributed by atoms with E-state index in [4.69, 9.17) is 0 Å². The molecule has 0 bridgehead atoms. The normalized spacial score (nSPS) is 16.3. The zero-order chi connectivity index (χ0) is 18.4. The van der Waals surface area contributed by atoms with Gasteiger partial charge in [0.15, 0.2) is 0 Å². The van der Waals surface area contributed by atoms with Crippen LogP contribution in [0.3, 0.4) is 0 Å². The van der Waals surface area contributed by atoms with Crippen molar-refractivity contribution in [2.45, 2.75) is 25.9 Å². The highest BCUT2D eigenvalue weighted by molar-refractivity contribution is 7.07. The Morgan fingerprint density at radius 1 is 1.19 bits per heavy atom. The molecule has 138 valence electrons. The Hall–Kier alpha value is -2.18. The Labute approximate surface area is 158 Å². The molecular formula is C20H26N3O2S+. The van der Waals surface area contributed by atoms with Gasteiger partial charge in [0.1, 0.15) is 6.54 Å². The van der Waals surface area contributed by atoms with Crippen LogP contribution < -0.4 is 10.2 Å². The number of nitrogens with zero attached hydrogens (tertiary/aromatic N) is 1. The molecule has 26 heavy (non-hydrogen) atoms. The first kappa shape index (κ1) is 18.6. The number of benzene rings is 1. The number of nitrogens with one attached hydrogen (secondary N) is 2. The molecule has 5 nitrogen and oxygen atoms in total. The zero-order valence-electron chi connectivity index (χ0n) is 15.1. The molecule has 1 atom stereocenters. The summed E-state index contributed by atoms with van der Waals surface area (Å²) in [6.45, 7) is 6.02. The maximum atomic E-state index is 12.8. The van der Waals surface area contributed by atoms with E-state index in [1.54, 1.807) is 11.3 Å². The quantitative estimate of drug-likeness (QED) is 0.802. The van der Waals surface area contributed by atoms with Crippen LogP contribution in [0.25, 0.3) is 0 Å². The average Bonchev–Trinajstić information content (AvgIpc) is 3.15. The summed E-state index contributed by atoms with van der Waals surface area (Å²) < 4.78 is 0. The topological polar surface area (TPSA) is 53.9 Å². The van der Waals surface area contributed by atoms with Crippen LogP contribution in [0.1, 0.15) is 30.5 Å². The first-order valence-corrected chi connectivity index (χ1v) is 10.0. The lowest BCUT2D eigenvalue weighted by atomic mass is 10.0. The second-order valence-corrected chi connectivity index (χ2v) is 7.59. The van der Waals surface area contributed by atoms with Crippen molar-refractivity contribution in [1.29, 1.82) is 0 Å². The van der Waals surface area contributed by atoms with Gasteiger partial charge in [0, 0.05) is 12.5 Å². The summed E-state index contributed by atoms with van der Waals surface area (Å²) in [5, 5.41) is 7.22. The lowest BCUT2D eigenvalue weighted by molar-refractivity contribution is -0.917. The number of hydrogen-bond acceptors (Lipinski definition) is 3. The third kappa shape index (κ3) is 5.16. The lowest BCUT2D eigenvalue weighted by Gasteiger charge is -2.33. The number of piperazine rings is 1. The van der Waals surface area contributed by atoms with E-state index in [0.29, 0.717) is 6.42 Å². The number of carbonyl (C=O) groups excluding carboxylic acids is 2. The summed E-state index contributed by atoms with van der Waals surface area (Å²) in [5.74, 6) is -0.00105. The fourth-order valence-corrected chi connectivity index (χ4v) is 4.09. The van der Waals surface area contributed by atoms with E-state index in [1.165, 1.54) is 17.4 Å². The van der Waals surface area contributed by atoms with Crippen molar-refractivity contribution in [2.75, 3.05) is 26.2 Å². The second kappa shape index (κ2) is 8.96. The second-order valence-electron chi connectivity index (χ2n) is 6.81. The van der Waals surface area contributed by atoms with Gasteiger partial charge in [0.2, 0.25) is 11.8 Å². The number of amides is 2. The van der Waals surface area contributed by atoms with Crippen molar-refractivity contribution in [3.8, 4) is 0 Å². The van der Waals surface area contributed by atoms with Crippen molar-refractivity contribution >= 4 is 23.2 Å². The molecule has 0 aliphatic carbocycles. The molecule has 2 N–H and O–H groups in total. The van der Waals surface area contributed by atoms with Crippen molar-refractivity contribution in [1.82, 2.24) is 10.2 Å². The van der Waals surface area contributed by atoms with Crippen LogP contribution >= 0.6 is 11.3 Å². The van der Waals surface area contributed by atoms with E-state index >= 15 is 0 Å². The fourth-order valence-electron chi connectivity index (χ4n) is 3.42. The first-order valence-electron chi connectivity index (χ1n) is 9.06. The summed E-state index contributed by atoms with van der Waals surface area (Å²) in [7, 11) is 0. The minimum absolute atomic E-state index is 0.113. The van der Waals surface area contributed by atoms with Gasteiger partial charge < -0.3 is 15.1 Å². The van der Waals surface area contributed by atoms with Gasteiger partial charge in [0.25, 0.3) is 0 Å². The molecule has 2 heterocycles. The van der Waals surface area contributed by atoms with Crippen molar-refractivity contribution in [3.63, 3.8) is 0 Å². The average molecular weight is 373 g/mol. The molecule has 0 unspecified atom stereocenters. The molecule has 2 amide bonds. The van der Waals surface area contributed by atoms with Crippen molar-refractivity contribution in [3.05, 3.63) is 58.3 Å². The maximum Gasteiger partial charge on any atom is 0.225 e. The SMILES string of the molecule is CC(=O)N[C@H](CC(=O)N1CC[NH+](Cc2ccsc2)CC1)c1ccccc1. The summed E-state index contributed by atoms with van der Waals surface area (Å²) in [6.07, 6.45) is 0.309. The number of rotatable bonds is 6. The molecule has 2 aromatic rings. The van der Waals surface area contributed by atoms with E-state index in [2.05, 4.69) is 22.1 Å². The van der Waals surface area contributed by atoms with E-state index < -0.39 is 0 Å². The van der Waals surface area contributed by atoms with Gasteiger partial charge in [-0.05, 0) is 22.4 Å². The molecule has 0 spiro atoms. The van der Waals surface area contributed by atoms with Crippen LogP contribution in [0.2, 0.25) is 0 Å². The molecule has 0 saturated carbocycles. The molecule has 1 aliphatic rings. The number of carbonyl (C=O) groups is 2. The predicted octanol–water partition coefficient (Wildman–Crippen LogP) is 1.24. The number of quaternary nitrogens is 1. The van der Waals surface area contributed by atoms with Gasteiger partial charge in [0.05, 0.1) is 38.6 Å². The van der Waals surface area contributed by atoms with Gasteiger partial charge >= 0.3 is 0 Å². The summed E-state index contributed by atoms with van der Waals surface area (Å²) >= 11 is 1.73. The van der Waals surface area contributed by atoms with E-state index in [1.807, 2.05) is 35.2 Å². The predicted molar refractivity (Wildman–Crippen MR) is 103 cm³/mol. The first-order chi connectivity index (χ1) is 12.6. The van der Waals surface area contributed by atoms with Crippen LogP contribution in [-0.2, 0) is 16.1 Å². The molecule has 0 radical (unpaired) electrons. The van der Waals surface area contributed by atoms with Crippen LogP contribution in [0.5, 0.6) is 0 Å². The Bertz CT molecular complexity index is 710. The van der Waals surface area contributed by atoms with Crippen LogP contribution in [-0.4, -0.2) is 42.9 Å². The Morgan fingerprint density at radius 3 is 2.54 bits per heavy atom. The van der Waals surface area contributed by atoms with Crippen LogP contribution in [0.15, 0.2) is 47.2 Å². The third-order valence-electron chi connectivity index (χ3n) is 4.82. The molecule has 1 fully saturated rings. The van der Waals surface area contributed by atoms with E-state index in [9.17, 15) is 9.59 Å². The minimum Gasteiger partial charge on any atom is -0.349 e. The maximum absolute atomic E-state index is 12.8. The van der Waals surface area contributed by atoms with Gasteiger partial charge in [-0.1, -0.05) is 30.3 Å². The largest absolute Gasteiger partial charge is 0.349 e. The highest BCUT2D eigenvalue weighted by Crippen LogP contribution is 2.18. The number of hydrogen-bond donors (Lipinski definition) is 2. The standard InChI is InChI=1S/C20H25N3O2S/c1-16(24)21-19(18-5-3-2-4-6-18)13-20(25)23-10-8-22(9-11-23)14-17-7-12-26-15-17/h2-7,12,15,19H,8-11,13-14H2,1H3,(H,21,24)/p+1/t19-/m1/s1. The highest BCUT2D eigenvalue weighted by atomic mass is 32.1. The highest BCUT2D eigenvalue weighted by Gasteiger charge is 2.26. The molecule has 1 saturated heterocycles. The monoisotopic (exact) mass is 372 g/mol. The van der Waals surface area contributed by atoms with Crippen LogP contribution in [0, 0.1) is 0 Å². The fraction of sp³-hybridized carbons (Fsp3) is 0.400. The van der Waals surface area contributed by atoms with Gasteiger partial charge in [-0.3, -0.25) is 9.59 Å². The Morgan fingerprint density at radius 2 is 1.92 bits per heavy atom. The van der Waals surface area contributed by atoms with E-state index in [-0.39, 0.29) is 17.9 Å². The summed E-state index contributed by atoms with van der Waals surface area (Å²) in [4.78, 5) is 27.8.